The third-order valence-electron chi connectivity index (χ3n) is 1.77. The number of nitrogens with one attached hydrogen (secondary N) is 1. The van der Waals surface area contributed by atoms with Crippen molar-refractivity contribution in [1.82, 2.24) is 4.98 Å². The monoisotopic (exact) mass is 196 g/mol. The van der Waals surface area contributed by atoms with Crippen LogP contribution in [0.25, 0.3) is 11.0 Å². The zero-order chi connectivity index (χ0) is 9.10. The molecule has 0 fully saturated rings. The van der Waals surface area contributed by atoms with Crippen molar-refractivity contribution in [2.75, 3.05) is 17.7 Å². The van der Waals surface area contributed by atoms with Crippen LogP contribution in [0.1, 0.15) is 0 Å². The number of fused-ring (bicyclic) bond motifs is 1. The molecule has 3 nitrogen and oxygen atoms in total. The molecule has 2 heterocycles. The molecule has 0 amide bonds. The van der Waals surface area contributed by atoms with Crippen molar-refractivity contribution in [1.29, 1.82) is 0 Å². The molecule has 4 heteroatoms. The number of hydrogen-bond donors (Lipinski definition) is 1. The maximum absolute atomic E-state index is 5.56. The highest BCUT2D eigenvalue weighted by Crippen LogP contribution is 2.21. The fourth-order valence-corrected chi connectivity index (χ4v) is 1.30. The van der Waals surface area contributed by atoms with Crippen LogP contribution in [0.5, 0.6) is 0 Å². The van der Waals surface area contributed by atoms with Crippen molar-refractivity contribution in [2.24, 2.45) is 0 Å². The molecular weight excluding hydrogens is 188 g/mol. The second kappa shape index (κ2) is 3.66. The summed E-state index contributed by atoms with van der Waals surface area (Å²) in [5.41, 5.74) is 0.840. The summed E-state index contributed by atoms with van der Waals surface area (Å²) in [6, 6.07) is 3.72. The van der Waals surface area contributed by atoms with Gasteiger partial charge in [0, 0.05) is 18.6 Å². The summed E-state index contributed by atoms with van der Waals surface area (Å²) in [6.45, 7) is 0.707. The normalized spacial score (nSPS) is 10.5. The van der Waals surface area contributed by atoms with Crippen LogP contribution >= 0.6 is 11.6 Å². The first-order valence-electron chi connectivity index (χ1n) is 4.04. The van der Waals surface area contributed by atoms with Crippen molar-refractivity contribution in [3.05, 3.63) is 24.6 Å². The van der Waals surface area contributed by atoms with Gasteiger partial charge in [-0.3, -0.25) is 0 Å². The van der Waals surface area contributed by atoms with Gasteiger partial charge in [0.1, 0.15) is 11.4 Å². The molecule has 0 radical (unpaired) electrons. The first-order chi connectivity index (χ1) is 6.42. The molecule has 0 saturated carbocycles. The maximum atomic E-state index is 5.56. The number of halogens is 1. The number of aromatic nitrogens is 1. The Balaban J connectivity index is 2.37. The van der Waals surface area contributed by atoms with E-state index < -0.39 is 0 Å². The maximum Gasteiger partial charge on any atom is 0.139 e. The smallest absolute Gasteiger partial charge is 0.139 e. The molecular formula is C9H9ClN2O. The summed E-state index contributed by atoms with van der Waals surface area (Å²) in [7, 11) is 0. The number of rotatable bonds is 3. The van der Waals surface area contributed by atoms with E-state index in [0.29, 0.717) is 12.4 Å². The molecule has 0 saturated heterocycles. The zero-order valence-electron chi connectivity index (χ0n) is 6.96. The minimum absolute atomic E-state index is 0.565. The number of nitrogens with zero attached hydrogens (tertiary/aromatic N) is 1. The standard InChI is InChI=1S/C9H9ClN2O/c10-3-5-12-9-7-2-6-13-8(7)1-4-11-9/h1-2,4,6H,3,5H2,(H,11,12). The van der Waals surface area contributed by atoms with Crippen LogP contribution in [0.15, 0.2) is 29.0 Å². The first kappa shape index (κ1) is 8.38. The van der Waals surface area contributed by atoms with E-state index in [-0.39, 0.29) is 0 Å². The van der Waals surface area contributed by atoms with Gasteiger partial charge in [0.25, 0.3) is 0 Å². The number of hydrogen-bond acceptors (Lipinski definition) is 3. The van der Waals surface area contributed by atoms with Gasteiger partial charge in [-0.25, -0.2) is 4.98 Å². The summed E-state index contributed by atoms with van der Waals surface area (Å²) in [5, 5.41) is 4.11. The summed E-state index contributed by atoms with van der Waals surface area (Å²) < 4.78 is 5.23. The summed E-state index contributed by atoms with van der Waals surface area (Å²) >= 11 is 5.56. The predicted molar refractivity (Wildman–Crippen MR) is 53.2 cm³/mol. The van der Waals surface area contributed by atoms with Crippen LogP contribution in [0.4, 0.5) is 5.82 Å². The average molecular weight is 197 g/mol. The first-order valence-corrected chi connectivity index (χ1v) is 4.57. The lowest BCUT2D eigenvalue weighted by Crippen LogP contribution is -2.03. The zero-order valence-corrected chi connectivity index (χ0v) is 7.71. The number of pyridine rings is 1. The highest BCUT2D eigenvalue weighted by Gasteiger charge is 2.02. The van der Waals surface area contributed by atoms with Gasteiger partial charge in [-0.05, 0) is 12.1 Å². The van der Waals surface area contributed by atoms with E-state index in [1.807, 2.05) is 12.1 Å². The lowest BCUT2D eigenvalue weighted by atomic mass is 10.3. The van der Waals surface area contributed by atoms with Gasteiger partial charge >= 0.3 is 0 Å². The van der Waals surface area contributed by atoms with Gasteiger partial charge in [-0.1, -0.05) is 0 Å². The van der Waals surface area contributed by atoms with Gasteiger partial charge in [0.2, 0.25) is 0 Å². The second-order valence-corrected chi connectivity index (χ2v) is 2.99. The Kier molecular flexibility index (Phi) is 2.36. The van der Waals surface area contributed by atoms with Crippen LogP contribution < -0.4 is 5.32 Å². The Morgan fingerprint density at radius 1 is 1.46 bits per heavy atom. The van der Waals surface area contributed by atoms with E-state index in [2.05, 4.69) is 10.3 Å². The lowest BCUT2D eigenvalue weighted by molar-refractivity contribution is 0.615. The highest BCUT2D eigenvalue weighted by atomic mass is 35.5. The predicted octanol–water partition coefficient (Wildman–Crippen LogP) is 2.48. The summed E-state index contributed by atoms with van der Waals surface area (Å²) in [5.74, 6) is 1.39. The molecule has 2 aromatic heterocycles. The van der Waals surface area contributed by atoms with E-state index >= 15 is 0 Å². The van der Waals surface area contributed by atoms with E-state index in [1.165, 1.54) is 0 Å². The largest absolute Gasteiger partial charge is 0.464 e. The second-order valence-electron chi connectivity index (χ2n) is 2.61. The molecule has 2 rings (SSSR count). The topological polar surface area (TPSA) is 38.1 Å². The van der Waals surface area contributed by atoms with E-state index in [0.717, 1.165) is 16.8 Å². The molecule has 68 valence electrons. The third-order valence-corrected chi connectivity index (χ3v) is 1.96. The minimum atomic E-state index is 0.565. The molecule has 0 unspecified atom stereocenters. The fourth-order valence-electron chi connectivity index (χ4n) is 1.20. The van der Waals surface area contributed by atoms with Crippen molar-refractivity contribution in [2.45, 2.75) is 0 Å². The molecule has 0 aliphatic carbocycles. The Morgan fingerprint density at radius 3 is 3.23 bits per heavy atom. The summed E-state index contributed by atoms with van der Waals surface area (Å²) in [4.78, 5) is 4.19. The SMILES string of the molecule is ClCCNc1nccc2occc12. The summed E-state index contributed by atoms with van der Waals surface area (Å²) in [6.07, 6.45) is 3.36. The Labute approximate surface area is 80.7 Å². The van der Waals surface area contributed by atoms with Crippen molar-refractivity contribution in [3.63, 3.8) is 0 Å². The molecule has 0 bridgehead atoms. The molecule has 1 N–H and O–H groups in total. The van der Waals surface area contributed by atoms with E-state index in [1.54, 1.807) is 12.5 Å². The Bertz CT molecular complexity index is 399. The quantitative estimate of drug-likeness (QED) is 0.767. The van der Waals surface area contributed by atoms with E-state index in [9.17, 15) is 0 Å². The molecule has 0 aliphatic heterocycles. The number of anilines is 1. The van der Waals surface area contributed by atoms with Crippen molar-refractivity contribution >= 4 is 28.4 Å². The van der Waals surface area contributed by atoms with Crippen molar-refractivity contribution < 1.29 is 4.42 Å². The molecule has 0 aromatic carbocycles. The van der Waals surface area contributed by atoms with Gasteiger partial charge in [-0.2, -0.15) is 0 Å². The molecule has 0 aliphatic rings. The van der Waals surface area contributed by atoms with Gasteiger partial charge in [0.15, 0.2) is 0 Å². The average Bonchev–Trinajstić information content (AvgIpc) is 2.62. The molecule has 0 spiro atoms. The van der Waals surface area contributed by atoms with Crippen LogP contribution in [0.2, 0.25) is 0 Å². The van der Waals surface area contributed by atoms with Crippen molar-refractivity contribution in [3.8, 4) is 0 Å². The van der Waals surface area contributed by atoms with Crippen LogP contribution in [0.3, 0.4) is 0 Å². The van der Waals surface area contributed by atoms with Crippen LogP contribution in [-0.4, -0.2) is 17.4 Å². The molecule has 13 heavy (non-hydrogen) atoms. The van der Waals surface area contributed by atoms with Crippen LogP contribution in [-0.2, 0) is 0 Å². The van der Waals surface area contributed by atoms with E-state index in [4.69, 9.17) is 16.0 Å². The Hall–Kier alpha value is -1.22. The number of alkyl halides is 1. The lowest BCUT2D eigenvalue weighted by Gasteiger charge is -2.02. The van der Waals surface area contributed by atoms with Crippen LogP contribution in [0, 0.1) is 0 Å². The molecule has 0 atom stereocenters. The Morgan fingerprint density at radius 2 is 2.38 bits per heavy atom. The van der Waals surface area contributed by atoms with Gasteiger partial charge in [-0.15, -0.1) is 11.6 Å². The highest BCUT2D eigenvalue weighted by molar-refractivity contribution is 6.18. The third kappa shape index (κ3) is 1.60. The number of furan rings is 1. The van der Waals surface area contributed by atoms with Gasteiger partial charge < -0.3 is 9.73 Å². The molecule has 2 aromatic rings. The van der Waals surface area contributed by atoms with Gasteiger partial charge in [0.05, 0.1) is 11.6 Å². The fraction of sp³-hybridized carbons (Fsp3) is 0.222. The minimum Gasteiger partial charge on any atom is -0.464 e.